The van der Waals surface area contributed by atoms with Gasteiger partial charge in [0.2, 0.25) is 0 Å². The number of ether oxygens (including phenoxy) is 3. The van der Waals surface area contributed by atoms with Gasteiger partial charge < -0.3 is 19.5 Å². The third-order valence-electron chi connectivity index (χ3n) is 7.32. The first-order valence-corrected chi connectivity index (χ1v) is 13.1. The lowest BCUT2D eigenvalue weighted by atomic mass is 9.68. The molecule has 0 aromatic heterocycles. The molecule has 0 radical (unpaired) electrons. The number of benzene rings is 2. The van der Waals surface area contributed by atoms with E-state index in [1.807, 2.05) is 61.5 Å². The highest BCUT2D eigenvalue weighted by molar-refractivity contribution is 6.04. The van der Waals surface area contributed by atoms with E-state index in [-0.39, 0.29) is 23.9 Å². The second-order valence-corrected chi connectivity index (χ2v) is 11.0. The van der Waals surface area contributed by atoms with E-state index in [0.717, 1.165) is 41.8 Å². The summed E-state index contributed by atoms with van der Waals surface area (Å²) in [5, 5.41) is 3.40. The molecule has 1 saturated heterocycles. The SMILES string of the molecule is CC1=C(C(=O)OC[C@@H]2CCCO2)[C@@H](c2cccc(OCc3ccccc3)c2)C2=C(CC(C)(C)CC2=O)N1. The molecule has 0 saturated carbocycles. The lowest BCUT2D eigenvalue weighted by molar-refractivity contribution is -0.142. The van der Waals surface area contributed by atoms with Crippen LogP contribution in [0, 0.1) is 5.41 Å². The van der Waals surface area contributed by atoms with Gasteiger partial charge in [-0.2, -0.15) is 0 Å². The van der Waals surface area contributed by atoms with Crippen LogP contribution in [0.2, 0.25) is 0 Å². The number of esters is 1. The lowest BCUT2D eigenvalue weighted by Crippen LogP contribution is -2.39. The standard InChI is InChI=1S/C31H35NO5/c1-20-27(30(34)37-19-24-13-8-14-35-24)28(29-25(32-20)16-31(2,3)17-26(29)33)22-11-7-12-23(15-22)36-18-21-9-5-4-6-10-21/h4-7,9-12,15,24,28,32H,8,13-14,16-19H2,1-3H3/t24-,28+/m0/s1. The van der Waals surface area contributed by atoms with Gasteiger partial charge in [-0.25, -0.2) is 4.79 Å². The zero-order valence-electron chi connectivity index (χ0n) is 21.8. The topological polar surface area (TPSA) is 73.9 Å². The van der Waals surface area contributed by atoms with Gasteiger partial charge in [0.15, 0.2) is 5.78 Å². The minimum atomic E-state index is -0.517. The van der Waals surface area contributed by atoms with Crippen molar-refractivity contribution in [1.82, 2.24) is 5.32 Å². The number of ketones is 1. The van der Waals surface area contributed by atoms with Crippen LogP contribution in [-0.2, 0) is 25.7 Å². The predicted octanol–water partition coefficient (Wildman–Crippen LogP) is 5.59. The molecule has 6 heteroatoms. The number of rotatable bonds is 7. The largest absolute Gasteiger partial charge is 0.489 e. The van der Waals surface area contributed by atoms with Crippen molar-refractivity contribution in [3.05, 3.63) is 88.3 Å². The minimum absolute atomic E-state index is 0.0660. The average Bonchev–Trinajstić information content (AvgIpc) is 3.39. The summed E-state index contributed by atoms with van der Waals surface area (Å²) in [6.07, 6.45) is 2.97. The number of hydrogen-bond acceptors (Lipinski definition) is 6. The first kappa shape index (κ1) is 25.3. The van der Waals surface area contributed by atoms with Crippen molar-refractivity contribution in [2.75, 3.05) is 13.2 Å². The van der Waals surface area contributed by atoms with Gasteiger partial charge in [-0.3, -0.25) is 4.79 Å². The molecule has 5 rings (SSSR count). The van der Waals surface area contributed by atoms with Gasteiger partial charge in [0.25, 0.3) is 0 Å². The first-order valence-electron chi connectivity index (χ1n) is 13.1. The Hall–Kier alpha value is -3.38. The van der Waals surface area contributed by atoms with E-state index in [4.69, 9.17) is 14.2 Å². The summed E-state index contributed by atoms with van der Waals surface area (Å²) in [4.78, 5) is 27.1. The fourth-order valence-electron chi connectivity index (χ4n) is 5.59. The van der Waals surface area contributed by atoms with Gasteiger partial charge in [0.05, 0.1) is 11.7 Å². The first-order chi connectivity index (χ1) is 17.8. The van der Waals surface area contributed by atoms with Crippen LogP contribution in [-0.4, -0.2) is 31.1 Å². The molecule has 1 fully saturated rings. The van der Waals surface area contributed by atoms with Crippen LogP contribution in [0.3, 0.4) is 0 Å². The lowest BCUT2D eigenvalue weighted by Gasteiger charge is -2.39. The summed E-state index contributed by atoms with van der Waals surface area (Å²) in [5.41, 5.74) is 4.53. The van der Waals surface area contributed by atoms with E-state index < -0.39 is 11.9 Å². The van der Waals surface area contributed by atoms with Crippen molar-refractivity contribution in [3.63, 3.8) is 0 Å². The maximum Gasteiger partial charge on any atom is 0.336 e. The Labute approximate surface area is 218 Å². The number of hydrogen-bond donors (Lipinski definition) is 1. The van der Waals surface area contributed by atoms with E-state index >= 15 is 0 Å². The van der Waals surface area contributed by atoms with Gasteiger partial charge in [0, 0.05) is 35.9 Å². The molecule has 37 heavy (non-hydrogen) atoms. The molecule has 2 aliphatic heterocycles. The number of allylic oxidation sites excluding steroid dienone is 3. The molecule has 2 atom stereocenters. The number of carbonyl (C=O) groups excluding carboxylic acids is 2. The normalized spacial score (nSPS) is 22.9. The fourth-order valence-corrected chi connectivity index (χ4v) is 5.59. The smallest absolute Gasteiger partial charge is 0.336 e. The molecule has 2 aromatic carbocycles. The molecular formula is C31H35NO5. The molecule has 2 heterocycles. The summed E-state index contributed by atoms with van der Waals surface area (Å²) in [5.74, 6) is -0.172. The maximum absolute atomic E-state index is 13.5. The summed E-state index contributed by atoms with van der Waals surface area (Å²) in [6, 6.07) is 17.7. The summed E-state index contributed by atoms with van der Waals surface area (Å²) in [6.45, 7) is 7.45. The molecule has 1 aliphatic carbocycles. The van der Waals surface area contributed by atoms with E-state index in [0.29, 0.717) is 36.5 Å². The number of Topliss-reactive ketones (excluding diaryl/α,β-unsaturated/α-hetero) is 1. The predicted molar refractivity (Wildman–Crippen MR) is 141 cm³/mol. The zero-order chi connectivity index (χ0) is 26.0. The summed E-state index contributed by atoms with van der Waals surface area (Å²) in [7, 11) is 0. The molecule has 194 valence electrons. The molecule has 3 aliphatic rings. The molecule has 6 nitrogen and oxygen atoms in total. The van der Waals surface area contributed by atoms with Crippen LogP contribution in [0.1, 0.15) is 63.5 Å². The van der Waals surface area contributed by atoms with E-state index in [9.17, 15) is 9.59 Å². The Morgan fingerprint density at radius 1 is 1.11 bits per heavy atom. The van der Waals surface area contributed by atoms with Crippen molar-refractivity contribution in [2.24, 2.45) is 5.41 Å². The Bertz CT molecular complexity index is 1240. The Balaban J connectivity index is 1.47. The van der Waals surface area contributed by atoms with Crippen molar-refractivity contribution < 1.29 is 23.8 Å². The highest BCUT2D eigenvalue weighted by Gasteiger charge is 2.43. The number of nitrogens with one attached hydrogen (secondary N) is 1. The van der Waals surface area contributed by atoms with Crippen LogP contribution < -0.4 is 10.1 Å². The van der Waals surface area contributed by atoms with Crippen LogP contribution in [0.4, 0.5) is 0 Å². The van der Waals surface area contributed by atoms with Crippen LogP contribution in [0.25, 0.3) is 0 Å². The van der Waals surface area contributed by atoms with Crippen molar-refractivity contribution in [3.8, 4) is 5.75 Å². The third kappa shape index (κ3) is 5.64. The molecule has 0 spiro atoms. The molecular weight excluding hydrogens is 466 g/mol. The number of carbonyl (C=O) groups is 2. The second kappa shape index (κ2) is 10.5. The van der Waals surface area contributed by atoms with Gasteiger partial charge in [-0.1, -0.05) is 56.3 Å². The zero-order valence-corrected chi connectivity index (χ0v) is 21.8. The second-order valence-electron chi connectivity index (χ2n) is 11.0. The van der Waals surface area contributed by atoms with Gasteiger partial charge in [0.1, 0.15) is 19.0 Å². The number of dihydropyridines is 1. The highest BCUT2D eigenvalue weighted by Crippen LogP contribution is 2.47. The van der Waals surface area contributed by atoms with E-state index in [2.05, 4.69) is 19.2 Å². The molecule has 0 amide bonds. The van der Waals surface area contributed by atoms with E-state index in [1.165, 1.54) is 0 Å². The molecule has 2 aromatic rings. The quantitative estimate of drug-likeness (QED) is 0.499. The third-order valence-corrected chi connectivity index (χ3v) is 7.32. The van der Waals surface area contributed by atoms with Gasteiger partial charge in [-0.05, 0) is 54.9 Å². The van der Waals surface area contributed by atoms with Gasteiger partial charge >= 0.3 is 5.97 Å². The molecule has 0 unspecified atom stereocenters. The van der Waals surface area contributed by atoms with Crippen molar-refractivity contribution in [1.29, 1.82) is 0 Å². The van der Waals surface area contributed by atoms with Gasteiger partial charge in [-0.15, -0.1) is 0 Å². The van der Waals surface area contributed by atoms with Crippen LogP contribution in [0.5, 0.6) is 5.75 Å². The van der Waals surface area contributed by atoms with Crippen LogP contribution >= 0.6 is 0 Å². The van der Waals surface area contributed by atoms with Crippen molar-refractivity contribution in [2.45, 2.75) is 65.1 Å². The molecule has 1 N–H and O–H groups in total. The Morgan fingerprint density at radius 3 is 2.68 bits per heavy atom. The van der Waals surface area contributed by atoms with E-state index in [1.54, 1.807) is 0 Å². The Kier molecular flexibility index (Phi) is 7.20. The maximum atomic E-state index is 13.5. The average molecular weight is 502 g/mol. The fraction of sp³-hybridized carbons (Fsp3) is 0.419. The monoisotopic (exact) mass is 501 g/mol. The van der Waals surface area contributed by atoms with Crippen LogP contribution in [0.15, 0.2) is 77.1 Å². The summed E-state index contributed by atoms with van der Waals surface area (Å²) < 4.78 is 17.5. The minimum Gasteiger partial charge on any atom is -0.489 e. The summed E-state index contributed by atoms with van der Waals surface area (Å²) >= 11 is 0. The molecule has 0 bridgehead atoms. The Morgan fingerprint density at radius 2 is 1.92 bits per heavy atom. The highest BCUT2D eigenvalue weighted by atomic mass is 16.6. The van der Waals surface area contributed by atoms with Crippen molar-refractivity contribution >= 4 is 11.8 Å².